The minimum Gasteiger partial charge on any atom is -0.444 e. The predicted octanol–water partition coefficient (Wildman–Crippen LogP) is 4.36. The van der Waals surface area contributed by atoms with Gasteiger partial charge in [-0.25, -0.2) is 9.18 Å². The second kappa shape index (κ2) is 9.90. The van der Waals surface area contributed by atoms with Gasteiger partial charge in [-0.1, -0.05) is 18.2 Å². The van der Waals surface area contributed by atoms with Crippen molar-refractivity contribution in [2.75, 3.05) is 19.6 Å². The van der Waals surface area contributed by atoms with Gasteiger partial charge in [0, 0.05) is 37.9 Å². The molecule has 166 valence electrons. The summed E-state index contributed by atoms with van der Waals surface area (Å²) in [6.07, 6.45) is 3.09. The van der Waals surface area contributed by atoms with Gasteiger partial charge in [0.25, 0.3) is 0 Å². The van der Waals surface area contributed by atoms with Crippen LogP contribution in [0.25, 0.3) is 0 Å². The van der Waals surface area contributed by atoms with Gasteiger partial charge in [-0.05, 0) is 63.4 Å². The molecule has 0 radical (unpaired) electrons. The standard InChI is InChI=1S/C24H30FN3O3/c1-24(2,3)31-23(30)27-14-15-28(21(17-27)18-8-6-9-19(25)16-18)22(29)12-7-11-20-10-4-5-13-26-20/h4-6,8-10,13,16,21H,7,11-12,14-15,17H2,1-3H3/t21-/m1/s1. The Morgan fingerprint density at radius 2 is 1.97 bits per heavy atom. The molecule has 1 aliphatic heterocycles. The maximum atomic E-state index is 13.9. The van der Waals surface area contributed by atoms with Crippen LogP contribution in [0, 0.1) is 5.82 Å². The lowest BCUT2D eigenvalue weighted by atomic mass is 10.0. The minimum absolute atomic E-state index is 0.00553. The van der Waals surface area contributed by atoms with E-state index in [1.54, 1.807) is 28.1 Å². The molecule has 0 spiro atoms. The molecule has 0 saturated carbocycles. The van der Waals surface area contributed by atoms with E-state index in [1.165, 1.54) is 12.1 Å². The number of amides is 2. The Morgan fingerprint density at radius 3 is 2.65 bits per heavy atom. The van der Waals surface area contributed by atoms with Crippen LogP contribution in [0.2, 0.25) is 0 Å². The fourth-order valence-corrected chi connectivity index (χ4v) is 3.68. The number of piperazine rings is 1. The van der Waals surface area contributed by atoms with E-state index in [0.29, 0.717) is 31.5 Å². The number of rotatable bonds is 5. The largest absolute Gasteiger partial charge is 0.444 e. The summed E-state index contributed by atoms with van der Waals surface area (Å²) in [5.74, 6) is -0.372. The van der Waals surface area contributed by atoms with E-state index in [2.05, 4.69) is 4.98 Å². The third-order valence-electron chi connectivity index (χ3n) is 5.14. The molecule has 1 saturated heterocycles. The molecule has 1 aromatic heterocycles. The summed E-state index contributed by atoms with van der Waals surface area (Å²) < 4.78 is 19.4. The van der Waals surface area contributed by atoms with Crippen molar-refractivity contribution in [2.24, 2.45) is 0 Å². The van der Waals surface area contributed by atoms with Crippen molar-refractivity contribution in [3.8, 4) is 0 Å². The van der Waals surface area contributed by atoms with Gasteiger partial charge >= 0.3 is 6.09 Å². The highest BCUT2D eigenvalue weighted by atomic mass is 19.1. The summed E-state index contributed by atoms with van der Waals surface area (Å²) in [6.45, 7) is 6.48. The highest BCUT2D eigenvalue weighted by molar-refractivity contribution is 5.77. The summed E-state index contributed by atoms with van der Waals surface area (Å²) in [4.78, 5) is 33.3. The second-order valence-electron chi connectivity index (χ2n) is 8.76. The highest BCUT2D eigenvalue weighted by Gasteiger charge is 2.35. The third kappa shape index (κ3) is 6.51. The van der Waals surface area contributed by atoms with E-state index in [0.717, 1.165) is 12.1 Å². The molecule has 6 nitrogen and oxygen atoms in total. The smallest absolute Gasteiger partial charge is 0.410 e. The fraction of sp³-hybridized carbons (Fsp3) is 0.458. The van der Waals surface area contributed by atoms with Crippen molar-refractivity contribution in [3.63, 3.8) is 0 Å². The van der Waals surface area contributed by atoms with Crippen LogP contribution >= 0.6 is 0 Å². The van der Waals surface area contributed by atoms with Crippen molar-refractivity contribution >= 4 is 12.0 Å². The Bertz CT molecular complexity index is 898. The third-order valence-corrected chi connectivity index (χ3v) is 5.14. The molecule has 2 amide bonds. The van der Waals surface area contributed by atoms with E-state index in [4.69, 9.17) is 4.74 Å². The Hall–Kier alpha value is -2.96. The van der Waals surface area contributed by atoms with Crippen molar-refractivity contribution < 1.29 is 18.7 Å². The van der Waals surface area contributed by atoms with E-state index in [-0.39, 0.29) is 18.3 Å². The lowest BCUT2D eigenvalue weighted by Crippen LogP contribution is -2.53. The maximum absolute atomic E-state index is 13.9. The van der Waals surface area contributed by atoms with Gasteiger partial charge < -0.3 is 14.5 Å². The lowest BCUT2D eigenvalue weighted by Gasteiger charge is -2.42. The monoisotopic (exact) mass is 427 g/mol. The average Bonchev–Trinajstić information content (AvgIpc) is 2.73. The second-order valence-corrected chi connectivity index (χ2v) is 8.76. The van der Waals surface area contributed by atoms with Gasteiger partial charge in [0.05, 0.1) is 6.04 Å². The zero-order valence-corrected chi connectivity index (χ0v) is 18.4. The molecule has 1 atom stereocenters. The molecule has 2 aromatic rings. The fourth-order valence-electron chi connectivity index (χ4n) is 3.68. The van der Waals surface area contributed by atoms with Crippen LogP contribution in [0.15, 0.2) is 48.7 Å². The van der Waals surface area contributed by atoms with Crippen LogP contribution in [0.4, 0.5) is 9.18 Å². The average molecular weight is 428 g/mol. The topological polar surface area (TPSA) is 62.7 Å². The van der Waals surface area contributed by atoms with Crippen LogP contribution in [0.1, 0.15) is 50.9 Å². The normalized spacial score (nSPS) is 16.8. The van der Waals surface area contributed by atoms with E-state index in [9.17, 15) is 14.0 Å². The molecular formula is C24H30FN3O3. The number of hydrogen-bond donors (Lipinski definition) is 0. The molecule has 31 heavy (non-hydrogen) atoms. The Labute approximate surface area is 183 Å². The first-order valence-electron chi connectivity index (χ1n) is 10.7. The molecule has 1 fully saturated rings. The van der Waals surface area contributed by atoms with Crippen molar-refractivity contribution in [2.45, 2.75) is 51.7 Å². The molecule has 7 heteroatoms. The van der Waals surface area contributed by atoms with Crippen molar-refractivity contribution in [1.82, 2.24) is 14.8 Å². The van der Waals surface area contributed by atoms with Crippen LogP contribution in [-0.2, 0) is 16.0 Å². The quantitative estimate of drug-likeness (QED) is 0.711. The first-order chi connectivity index (χ1) is 14.7. The Kier molecular flexibility index (Phi) is 7.25. The van der Waals surface area contributed by atoms with Crippen LogP contribution in [-0.4, -0.2) is 52.0 Å². The number of hydrogen-bond acceptors (Lipinski definition) is 4. The van der Waals surface area contributed by atoms with Gasteiger partial charge in [-0.15, -0.1) is 0 Å². The van der Waals surface area contributed by atoms with E-state index in [1.807, 2.05) is 39.0 Å². The zero-order valence-electron chi connectivity index (χ0n) is 18.4. The first-order valence-corrected chi connectivity index (χ1v) is 10.7. The molecule has 0 aliphatic carbocycles. The number of carbonyl (C=O) groups excluding carboxylic acids is 2. The van der Waals surface area contributed by atoms with E-state index < -0.39 is 17.7 Å². The molecule has 2 heterocycles. The first kappa shape index (κ1) is 22.7. The highest BCUT2D eigenvalue weighted by Crippen LogP contribution is 2.28. The molecule has 0 bridgehead atoms. The zero-order chi connectivity index (χ0) is 22.4. The molecule has 3 rings (SSSR count). The number of benzene rings is 1. The van der Waals surface area contributed by atoms with Gasteiger partial charge in [0.1, 0.15) is 11.4 Å². The summed E-state index contributed by atoms with van der Waals surface area (Å²) in [5, 5.41) is 0. The predicted molar refractivity (Wildman–Crippen MR) is 116 cm³/mol. The SMILES string of the molecule is CC(C)(C)OC(=O)N1CCN(C(=O)CCCc2ccccn2)[C@@H](c2cccc(F)c2)C1. The lowest BCUT2D eigenvalue weighted by molar-refractivity contribution is -0.136. The number of pyridine rings is 1. The summed E-state index contributed by atoms with van der Waals surface area (Å²) in [5.41, 5.74) is 1.02. The number of aryl methyl sites for hydroxylation is 1. The summed E-state index contributed by atoms with van der Waals surface area (Å²) >= 11 is 0. The minimum atomic E-state index is -0.607. The van der Waals surface area contributed by atoms with Crippen LogP contribution in [0.5, 0.6) is 0 Å². The number of carbonyl (C=O) groups is 2. The maximum Gasteiger partial charge on any atom is 0.410 e. The van der Waals surface area contributed by atoms with Crippen molar-refractivity contribution in [1.29, 1.82) is 0 Å². The van der Waals surface area contributed by atoms with Crippen molar-refractivity contribution in [3.05, 3.63) is 65.7 Å². The number of nitrogens with zero attached hydrogens (tertiary/aromatic N) is 3. The van der Waals surface area contributed by atoms with Gasteiger partial charge in [0.15, 0.2) is 0 Å². The Morgan fingerprint density at radius 1 is 1.16 bits per heavy atom. The number of ether oxygens (including phenoxy) is 1. The number of aromatic nitrogens is 1. The number of halogens is 1. The van der Waals surface area contributed by atoms with E-state index >= 15 is 0 Å². The Balaban J connectivity index is 1.70. The van der Waals surface area contributed by atoms with Crippen LogP contribution in [0.3, 0.4) is 0 Å². The molecule has 1 aromatic carbocycles. The van der Waals surface area contributed by atoms with Gasteiger partial charge in [-0.2, -0.15) is 0 Å². The summed E-state index contributed by atoms with van der Waals surface area (Å²) in [6, 6.07) is 11.5. The molecular weight excluding hydrogens is 397 g/mol. The summed E-state index contributed by atoms with van der Waals surface area (Å²) in [7, 11) is 0. The van der Waals surface area contributed by atoms with Crippen LogP contribution < -0.4 is 0 Å². The van der Waals surface area contributed by atoms with Gasteiger partial charge in [0.2, 0.25) is 5.91 Å². The molecule has 0 N–H and O–H groups in total. The molecule has 0 unspecified atom stereocenters. The van der Waals surface area contributed by atoms with Gasteiger partial charge in [-0.3, -0.25) is 9.78 Å². The molecule has 1 aliphatic rings.